The predicted octanol–water partition coefficient (Wildman–Crippen LogP) is 2.61. The molecule has 1 N–H and O–H groups in total. The van der Waals surface area contributed by atoms with E-state index < -0.39 is 6.04 Å². The molecule has 0 aliphatic rings. The van der Waals surface area contributed by atoms with E-state index in [1.165, 1.54) is 4.68 Å². The highest BCUT2D eigenvalue weighted by Crippen LogP contribution is 2.21. The zero-order valence-electron chi connectivity index (χ0n) is 10.2. The molecule has 6 heteroatoms. The van der Waals surface area contributed by atoms with Crippen molar-refractivity contribution >= 4 is 23.2 Å². The van der Waals surface area contributed by atoms with E-state index in [2.05, 4.69) is 10.4 Å². The maximum atomic E-state index is 12.1. The van der Waals surface area contributed by atoms with Crippen molar-refractivity contribution in [2.45, 2.75) is 13.0 Å². The zero-order valence-corrected chi connectivity index (χ0v) is 10.9. The first-order valence-electron chi connectivity index (χ1n) is 5.61. The lowest BCUT2D eigenvalue weighted by Crippen LogP contribution is -2.24. The molecular weight excluding hydrogens is 264 g/mol. The molecule has 2 rings (SSSR count). The van der Waals surface area contributed by atoms with Crippen molar-refractivity contribution in [3.05, 3.63) is 47.2 Å². The quantitative estimate of drug-likeness (QED) is 0.935. The number of hydrogen-bond donors (Lipinski definition) is 1. The van der Waals surface area contributed by atoms with E-state index in [0.29, 0.717) is 16.3 Å². The Labute approximate surface area is 115 Å². The number of nitrogens with zero attached hydrogens (tertiary/aromatic N) is 3. The van der Waals surface area contributed by atoms with Crippen LogP contribution < -0.4 is 5.32 Å². The molecule has 0 bridgehead atoms. The van der Waals surface area contributed by atoms with Crippen LogP contribution in [0, 0.1) is 11.3 Å². The Kier molecular flexibility index (Phi) is 3.83. The summed E-state index contributed by atoms with van der Waals surface area (Å²) >= 11 is 5.86. The number of halogens is 1. The monoisotopic (exact) mass is 274 g/mol. The lowest BCUT2D eigenvalue weighted by molar-refractivity contribution is -0.119. The average Bonchev–Trinajstić information content (AvgIpc) is 2.92. The van der Waals surface area contributed by atoms with Gasteiger partial charge in [-0.05, 0) is 31.2 Å². The maximum absolute atomic E-state index is 12.1. The summed E-state index contributed by atoms with van der Waals surface area (Å²) in [5.74, 6) is -0.262. The topological polar surface area (TPSA) is 70.7 Å². The molecule has 96 valence electrons. The summed E-state index contributed by atoms with van der Waals surface area (Å²) in [6.07, 6.45) is 3.30. The Bertz CT molecular complexity index is 631. The molecule has 1 heterocycles. The van der Waals surface area contributed by atoms with Gasteiger partial charge in [0.05, 0.1) is 11.3 Å². The van der Waals surface area contributed by atoms with Crippen LogP contribution >= 0.6 is 11.6 Å². The Hall–Kier alpha value is -2.32. The first kappa shape index (κ1) is 13.1. The minimum Gasteiger partial charge on any atom is -0.323 e. The summed E-state index contributed by atoms with van der Waals surface area (Å²) in [4.78, 5) is 12.1. The second kappa shape index (κ2) is 5.55. The summed E-state index contributed by atoms with van der Waals surface area (Å²) in [6, 6.07) is 7.99. The SMILES string of the molecule is CC(C(=O)Nc1cc(Cl)ccc1C#N)n1cccn1. The van der Waals surface area contributed by atoms with E-state index in [4.69, 9.17) is 16.9 Å². The summed E-state index contributed by atoms with van der Waals surface area (Å²) in [5.41, 5.74) is 0.768. The van der Waals surface area contributed by atoms with Gasteiger partial charge in [0.2, 0.25) is 5.91 Å². The van der Waals surface area contributed by atoms with Gasteiger partial charge in [0.15, 0.2) is 0 Å². The first-order valence-corrected chi connectivity index (χ1v) is 5.99. The van der Waals surface area contributed by atoms with Crippen LogP contribution in [0.15, 0.2) is 36.7 Å². The number of nitriles is 1. The Balaban J connectivity index is 2.20. The molecule has 5 nitrogen and oxygen atoms in total. The van der Waals surface area contributed by atoms with Gasteiger partial charge in [-0.1, -0.05) is 11.6 Å². The Morgan fingerprint density at radius 1 is 1.58 bits per heavy atom. The van der Waals surface area contributed by atoms with Crippen molar-refractivity contribution < 1.29 is 4.79 Å². The van der Waals surface area contributed by atoms with Crippen LogP contribution in [0.5, 0.6) is 0 Å². The molecule has 1 unspecified atom stereocenters. The molecule has 1 atom stereocenters. The second-order valence-electron chi connectivity index (χ2n) is 3.95. The smallest absolute Gasteiger partial charge is 0.248 e. The third-order valence-corrected chi connectivity index (χ3v) is 2.90. The van der Waals surface area contributed by atoms with E-state index in [-0.39, 0.29) is 5.91 Å². The normalized spacial score (nSPS) is 11.6. The molecule has 1 amide bonds. The lowest BCUT2D eigenvalue weighted by atomic mass is 10.2. The van der Waals surface area contributed by atoms with E-state index in [0.717, 1.165) is 0 Å². The fourth-order valence-electron chi connectivity index (χ4n) is 1.58. The maximum Gasteiger partial charge on any atom is 0.248 e. The number of nitrogens with one attached hydrogen (secondary N) is 1. The second-order valence-corrected chi connectivity index (χ2v) is 4.39. The molecule has 0 aliphatic carbocycles. The van der Waals surface area contributed by atoms with Crippen LogP contribution in [0.1, 0.15) is 18.5 Å². The van der Waals surface area contributed by atoms with Crippen molar-refractivity contribution in [1.29, 1.82) is 5.26 Å². The molecular formula is C13H11ClN4O. The van der Waals surface area contributed by atoms with Gasteiger partial charge < -0.3 is 5.32 Å². The van der Waals surface area contributed by atoms with Gasteiger partial charge in [0.1, 0.15) is 12.1 Å². The third kappa shape index (κ3) is 2.92. The minimum absolute atomic E-state index is 0.262. The van der Waals surface area contributed by atoms with Crippen molar-refractivity contribution in [2.75, 3.05) is 5.32 Å². The molecule has 1 aromatic carbocycles. The molecule has 0 spiro atoms. The number of rotatable bonds is 3. The molecule has 0 fully saturated rings. The number of aromatic nitrogens is 2. The summed E-state index contributed by atoms with van der Waals surface area (Å²) < 4.78 is 1.53. The van der Waals surface area contributed by atoms with Gasteiger partial charge >= 0.3 is 0 Å². The predicted molar refractivity (Wildman–Crippen MR) is 71.7 cm³/mol. The summed E-state index contributed by atoms with van der Waals surface area (Å²) in [6.45, 7) is 1.72. The van der Waals surface area contributed by atoms with Crippen LogP contribution in [-0.4, -0.2) is 15.7 Å². The number of benzene rings is 1. The minimum atomic E-state index is -0.472. The Morgan fingerprint density at radius 2 is 2.37 bits per heavy atom. The van der Waals surface area contributed by atoms with Crippen LogP contribution in [-0.2, 0) is 4.79 Å². The summed E-state index contributed by atoms with van der Waals surface area (Å²) in [5, 5.41) is 16.1. The van der Waals surface area contributed by atoms with E-state index >= 15 is 0 Å². The molecule has 0 aliphatic heterocycles. The number of anilines is 1. The van der Waals surface area contributed by atoms with E-state index in [9.17, 15) is 4.79 Å². The van der Waals surface area contributed by atoms with Crippen molar-refractivity contribution in [3.8, 4) is 6.07 Å². The third-order valence-electron chi connectivity index (χ3n) is 2.66. The number of hydrogen-bond acceptors (Lipinski definition) is 3. The number of carbonyl (C=O) groups is 1. The van der Waals surface area contributed by atoms with Crippen molar-refractivity contribution in [2.24, 2.45) is 0 Å². The molecule has 0 saturated heterocycles. The van der Waals surface area contributed by atoms with Crippen LogP contribution in [0.2, 0.25) is 5.02 Å². The highest BCUT2D eigenvalue weighted by atomic mass is 35.5. The van der Waals surface area contributed by atoms with Crippen molar-refractivity contribution in [3.63, 3.8) is 0 Å². The molecule has 0 saturated carbocycles. The molecule has 2 aromatic rings. The van der Waals surface area contributed by atoms with Gasteiger partial charge in [-0.2, -0.15) is 10.4 Å². The van der Waals surface area contributed by atoms with Crippen molar-refractivity contribution in [1.82, 2.24) is 9.78 Å². The van der Waals surface area contributed by atoms with Crippen LogP contribution in [0.4, 0.5) is 5.69 Å². The largest absolute Gasteiger partial charge is 0.323 e. The highest BCUT2D eigenvalue weighted by Gasteiger charge is 2.16. The van der Waals surface area contributed by atoms with Crippen LogP contribution in [0.3, 0.4) is 0 Å². The number of amides is 1. The Morgan fingerprint density at radius 3 is 3.00 bits per heavy atom. The molecule has 1 aromatic heterocycles. The van der Waals surface area contributed by atoms with Gasteiger partial charge in [-0.25, -0.2) is 0 Å². The van der Waals surface area contributed by atoms with Crippen LogP contribution in [0.25, 0.3) is 0 Å². The van der Waals surface area contributed by atoms with E-state index in [1.54, 1.807) is 43.6 Å². The fraction of sp³-hybridized carbons (Fsp3) is 0.154. The van der Waals surface area contributed by atoms with E-state index in [1.807, 2.05) is 6.07 Å². The van der Waals surface area contributed by atoms with Gasteiger partial charge in [-0.15, -0.1) is 0 Å². The lowest BCUT2D eigenvalue weighted by Gasteiger charge is -2.13. The highest BCUT2D eigenvalue weighted by molar-refractivity contribution is 6.31. The van der Waals surface area contributed by atoms with Gasteiger partial charge in [-0.3, -0.25) is 9.48 Å². The standard InChI is InChI=1S/C13H11ClN4O/c1-9(18-6-2-5-16-18)13(19)17-12-7-11(14)4-3-10(12)8-15/h2-7,9H,1H3,(H,17,19). The van der Waals surface area contributed by atoms with Gasteiger partial charge in [0, 0.05) is 17.4 Å². The fourth-order valence-corrected chi connectivity index (χ4v) is 1.76. The van der Waals surface area contributed by atoms with Gasteiger partial charge in [0.25, 0.3) is 0 Å². The zero-order chi connectivity index (χ0) is 13.8. The number of carbonyl (C=O) groups excluding carboxylic acids is 1. The molecule has 19 heavy (non-hydrogen) atoms. The average molecular weight is 275 g/mol. The summed E-state index contributed by atoms with van der Waals surface area (Å²) in [7, 11) is 0. The first-order chi connectivity index (χ1) is 9.11. The molecule has 0 radical (unpaired) electrons.